The fraction of sp³-hybridized carbons (Fsp3) is 0.800. The van der Waals surface area contributed by atoms with Crippen molar-refractivity contribution in [3.8, 4) is 0 Å². The van der Waals surface area contributed by atoms with Gasteiger partial charge in [0, 0.05) is 32.1 Å². The number of rotatable bonds is 4. The highest BCUT2D eigenvalue weighted by Gasteiger charge is 2.29. The van der Waals surface area contributed by atoms with Gasteiger partial charge in [-0.3, -0.25) is 10.00 Å². The van der Waals surface area contributed by atoms with Crippen LogP contribution in [0.5, 0.6) is 0 Å². The number of ether oxygens (including phenoxy) is 1. The summed E-state index contributed by atoms with van der Waals surface area (Å²) in [5, 5.41) is 6.73. The molecular formula is C15H27N5O2. The van der Waals surface area contributed by atoms with E-state index in [4.69, 9.17) is 4.74 Å². The van der Waals surface area contributed by atoms with Gasteiger partial charge in [-0.25, -0.2) is 9.78 Å². The molecule has 1 aromatic rings. The summed E-state index contributed by atoms with van der Waals surface area (Å²) >= 11 is 0. The van der Waals surface area contributed by atoms with E-state index in [0.717, 1.165) is 44.8 Å². The van der Waals surface area contributed by atoms with Crippen molar-refractivity contribution in [1.82, 2.24) is 25.0 Å². The van der Waals surface area contributed by atoms with Gasteiger partial charge >= 0.3 is 6.09 Å². The number of amides is 1. The first-order valence-corrected chi connectivity index (χ1v) is 7.91. The van der Waals surface area contributed by atoms with Crippen LogP contribution in [0.2, 0.25) is 0 Å². The Hall–Kier alpha value is -1.63. The Bertz CT molecular complexity index is 469. The summed E-state index contributed by atoms with van der Waals surface area (Å²) in [5.41, 5.74) is -0.436. The molecule has 1 saturated heterocycles. The first-order valence-electron chi connectivity index (χ1n) is 7.91. The lowest BCUT2D eigenvalue weighted by Gasteiger charge is -2.40. The lowest BCUT2D eigenvalue weighted by molar-refractivity contribution is 0.00569. The second-order valence-corrected chi connectivity index (χ2v) is 6.85. The molecule has 1 atom stereocenters. The molecule has 0 aliphatic carbocycles. The van der Waals surface area contributed by atoms with Gasteiger partial charge in [-0.15, -0.1) is 0 Å². The lowest BCUT2D eigenvalue weighted by Crippen LogP contribution is -2.54. The molecule has 2 heterocycles. The molecule has 7 nitrogen and oxygen atoms in total. The predicted octanol–water partition coefficient (Wildman–Crippen LogP) is 1.68. The molecule has 1 aliphatic rings. The van der Waals surface area contributed by atoms with Gasteiger partial charge in [-0.2, -0.15) is 5.10 Å². The summed E-state index contributed by atoms with van der Waals surface area (Å²) in [4.78, 5) is 20.5. The van der Waals surface area contributed by atoms with Crippen molar-refractivity contribution >= 4 is 6.09 Å². The third-order valence-electron chi connectivity index (χ3n) is 3.74. The van der Waals surface area contributed by atoms with Crippen molar-refractivity contribution in [2.75, 3.05) is 26.2 Å². The average Bonchev–Trinajstić information content (AvgIpc) is 2.91. The Balaban J connectivity index is 1.74. The van der Waals surface area contributed by atoms with E-state index >= 15 is 0 Å². The number of hydrogen-bond donors (Lipinski definition) is 1. The standard InChI is InChI=1S/C15H27N5O2/c1-12-10-20(14(21)22-15(2,3)4)9-8-19(12)7-5-6-13-16-11-17-18-13/h11-12H,5-10H2,1-4H3,(H,16,17,18). The number of carbonyl (C=O) groups is 1. The highest BCUT2D eigenvalue weighted by atomic mass is 16.6. The second-order valence-electron chi connectivity index (χ2n) is 6.85. The summed E-state index contributed by atoms with van der Waals surface area (Å²) in [7, 11) is 0. The number of aryl methyl sites for hydroxylation is 1. The van der Waals surface area contributed by atoms with Crippen LogP contribution in [0, 0.1) is 0 Å². The molecule has 1 amide bonds. The van der Waals surface area contributed by atoms with Crippen LogP contribution < -0.4 is 0 Å². The molecule has 2 rings (SSSR count). The lowest BCUT2D eigenvalue weighted by atomic mass is 10.1. The van der Waals surface area contributed by atoms with Crippen LogP contribution in [-0.2, 0) is 11.2 Å². The molecule has 0 aromatic carbocycles. The van der Waals surface area contributed by atoms with E-state index in [-0.39, 0.29) is 6.09 Å². The van der Waals surface area contributed by atoms with Crippen LogP contribution in [0.25, 0.3) is 0 Å². The van der Waals surface area contributed by atoms with Crippen molar-refractivity contribution in [2.24, 2.45) is 0 Å². The molecule has 1 N–H and O–H groups in total. The molecule has 1 unspecified atom stereocenters. The van der Waals surface area contributed by atoms with E-state index in [0.29, 0.717) is 6.04 Å². The number of carbonyl (C=O) groups excluding carboxylic acids is 1. The van der Waals surface area contributed by atoms with Crippen molar-refractivity contribution in [3.63, 3.8) is 0 Å². The Morgan fingerprint density at radius 2 is 2.23 bits per heavy atom. The molecule has 22 heavy (non-hydrogen) atoms. The van der Waals surface area contributed by atoms with Gasteiger partial charge in [0.1, 0.15) is 17.8 Å². The van der Waals surface area contributed by atoms with E-state index in [1.54, 1.807) is 0 Å². The maximum Gasteiger partial charge on any atom is 0.410 e. The van der Waals surface area contributed by atoms with Crippen LogP contribution in [0.4, 0.5) is 4.79 Å². The Morgan fingerprint density at radius 3 is 2.82 bits per heavy atom. The third-order valence-corrected chi connectivity index (χ3v) is 3.74. The number of H-pyrrole nitrogens is 1. The predicted molar refractivity (Wildman–Crippen MR) is 83.5 cm³/mol. The molecule has 7 heteroatoms. The molecule has 0 radical (unpaired) electrons. The van der Waals surface area contributed by atoms with E-state index in [2.05, 4.69) is 27.0 Å². The zero-order valence-corrected chi connectivity index (χ0v) is 14.0. The smallest absolute Gasteiger partial charge is 0.410 e. The minimum Gasteiger partial charge on any atom is -0.444 e. The van der Waals surface area contributed by atoms with Gasteiger partial charge in [0.05, 0.1) is 0 Å². The summed E-state index contributed by atoms with van der Waals surface area (Å²) in [6, 6.07) is 0.344. The fourth-order valence-corrected chi connectivity index (χ4v) is 2.62. The van der Waals surface area contributed by atoms with E-state index in [1.807, 2.05) is 25.7 Å². The van der Waals surface area contributed by atoms with E-state index in [9.17, 15) is 4.79 Å². The van der Waals surface area contributed by atoms with Crippen LogP contribution in [0.15, 0.2) is 6.33 Å². The average molecular weight is 309 g/mol. The van der Waals surface area contributed by atoms with Crippen molar-refractivity contribution in [2.45, 2.75) is 52.2 Å². The SMILES string of the molecule is CC1CN(C(=O)OC(C)(C)C)CCN1CCCc1ncn[nH]1. The first-order chi connectivity index (χ1) is 10.3. The Kier molecular flexibility index (Phi) is 5.39. The monoisotopic (exact) mass is 309 g/mol. The number of piperazine rings is 1. The van der Waals surface area contributed by atoms with E-state index in [1.165, 1.54) is 6.33 Å². The zero-order valence-electron chi connectivity index (χ0n) is 14.0. The maximum absolute atomic E-state index is 12.1. The quantitative estimate of drug-likeness (QED) is 0.916. The summed E-state index contributed by atoms with van der Waals surface area (Å²) in [5.74, 6) is 0.931. The molecule has 1 fully saturated rings. The van der Waals surface area contributed by atoms with Crippen LogP contribution in [0.1, 0.15) is 39.9 Å². The fourth-order valence-electron chi connectivity index (χ4n) is 2.62. The number of aromatic amines is 1. The number of aromatic nitrogens is 3. The topological polar surface area (TPSA) is 74.3 Å². The van der Waals surface area contributed by atoms with Gasteiger partial charge < -0.3 is 9.64 Å². The Morgan fingerprint density at radius 1 is 1.45 bits per heavy atom. The molecule has 124 valence electrons. The molecule has 1 aliphatic heterocycles. The molecule has 0 spiro atoms. The largest absolute Gasteiger partial charge is 0.444 e. The van der Waals surface area contributed by atoms with Crippen LogP contribution >= 0.6 is 0 Å². The third kappa shape index (κ3) is 4.98. The van der Waals surface area contributed by atoms with Crippen molar-refractivity contribution < 1.29 is 9.53 Å². The van der Waals surface area contributed by atoms with Gasteiger partial charge in [-0.05, 0) is 40.7 Å². The van der Waals surface area contributed by atoms with Gasteiger partial charge in [0.15, 0.2) is 0 Å². The maximum atomic E-state index is 12.1. The van der Waals surface area contributed by atoms with Gasteiger partial charge in [0.2, 0.25) is 0 Å². The second kappa shape index (κ2) is 7.09. The summed E-state index contributed by atoms with van der Waals surface area (Å²) in [6.07, 6.45) is 3.27. The summed E-state index contributed by atoms with van der Waals surface area (Å²) < 4.78 is 5.44. The highest BCUT2D eigenvalue weighted by molar-refractivity contribution is 5.68. The molecular weight excluding hydrogens is 282 g/mol. The number of nitrogens with one attached hydrogen (secondary N) is 1. The molecule has 1 aromatic heterocycles. The van der Waals surface area contributed by atoms with Crippen molar-refractivity contribution in [3.05, 3.63) is 12.2 Å². The van der Waals surface area contributed by atoms with Crippen LogP contribution in [-0.4, -0.2) is 68.9 Å². The van der Waals surface area contributed by atoms with Crippen LogP contribution in [0.3, 0.4) is 0 Å². The first kappa shape index (κ1) is 16.7. The van der Waals surface area contributed by atoms with Crippen molar-refractivity contribution in [1.29, 1.82) is 0 Å². The summed E-state index contributed by atoms with van der Waals surface area (Å²) in [6.45, 7) is 11.2. The van der Waals surface area contributed by atoms with Gasteiger partial charge in [-0.1, -0.05) is 0 Å². The minimum atomic E-state index is -0.436. The number of nitrogens with zero attached hydrogens (tertiary/aromatic N) is 4. The van der Waals surface area contributed by atoms with E-state index < -0.39 is 5.60 Å². The van der Waals surface area contributed by atoms with Gasteiger partial charge in [0.25, 0.3) is 0 Å². The Labute approximate surface area is 132 Å². The zero-order chi connectivity index (χ0) is 16.2. The highest BCUT2D eigenvalue weighted by Crippen LogP contribution is 2.15. The number of hydrogen-bond acceptors (Lipinski definition) is 5. The minimum absolute atomic E-state index is 0.208. The molecule has 0 bridgehead atoms. The normalized spacial score (nSPS) is 20.2. The molecule has 0 saturated carbocycles.